The lowest BCUT2D eigenvalue weighted by Crippen LogP contribution is -2.35. The van der Waals surface area contributed by atoms with Crippen molar-refractivity contribution < 1.29 is 13.9 Å². The summed E-state index contributed by atoms with van der Waals surface area (Å²) in [5, 5.41) is 4.20. The van der Waals surface area contributed by atoms with Crippen LogP contribution in [0, 0.1) is 18.2 Å². The second-order valence-corrected chi connectivity index (χ2v) is 8.89. The maximum Gasteiger partial charge on any atom is 0.145 e. The highest BCUT2D eigenvalue weighted by atomic mass is 35.5. The van der Waals surface area contributed by atoms with Gasteiger partial charge in [0, 0.05) is 18.8 Å². The summed E-state index contributed by atoms with van der Waals surface area (Å²) in [6.45, 7) is 2.24. The molecule has 1 saturated heterocycles. The van der Waals surface area contributed by atoms with Crippen LogP contribution in [0.1, 0.15) is 24.0 Å². The van der Waals surface area contributed by atoms with Gasteiger partial charge in [-0.2, -0.15) is 0 Å². The Hall–Kier alpha value is -3.86. The van der Waals surface area contributed by atoms with Gasteiger partial charge in [-0.3, -0.25) is 0 Å². The molecule has 1 aliphatic rings. The third kappa shape index (κ3) is 6.29. The van der Waals surface area contributed by atoms with Gasteiger partial charge >= 0.3 is 0 Å². The fourth-order valence-corrected chi connectivity index (χ4v) is 4.32. The van der Waals surface area contributed by atoms with Crippen LogP contribution in [0.4, 0.5) is 15.9 Å². The van der Waals surface area contributed by atoms with Crippen LogP contribution in [-0.4, -0.2) is 41.1 Å². The first-order valence-corrected chi connectivity index (χ1v) is 11.9. The number of aromatic nitrogens is 2. The number of hydrogen-bond acceptors (Lipinski definition) is 6. The summed E-state index contributed by atoms with van der Waals surface area (Å²) in [7, 11) is 2.13. The summed E-state index contributed by atoms with van der Waals surface area (Å²) in [4.78, 5) is 11.3. The zero-order valence-corrected chi connectivity index (χ0v) is 21.3. The normalized spacial score (nSPS) is 14.0. The molecule has 5 rings (SSSR count). The van der Waals surface area contributed by atoms with Gasteiger partial charge in [-0.15, -0.1) is 18.8 Å². The minimum atomic E-state index is -0.302. The predicted octanol–water partition coefficient (Wildman–Crippen LogP) is 5.97. The lowest BCUT2D eigenvalue weighted by molar-refractivity contribution is 0.116. The van der Waals surface area contributed by atoms with E-state index in [4.69, 9.17) is 15.9 Å². The smallest absolute Gasteiger partial charge is 0.145 e. The highest BCUT2D eigenvalue weighted by Crippen LogP contribution is 2.34. The zero-order chi connectivity index (χ0) is 24.9. The number of fused-ring (bicyclic) bond motifs is 1. The van der Waals surface area contributed by atoms with Crippen LogP contribution in [0.25, 0.3) is 10.9 Å². The van der Waals surface area contributed by atoms with Crippen LogP contribution in [0.3, 0.4) is 0 Å². The van der Waals surface area contributed by atoms with E-state index in [1.165, 1.54) is 18.5 Å². The number of halogens is 2. The van der Waals surface area contributed by atoms with E-state index in [-0.39, 0.29) is 30.9 Å². The van der Waals surface area contributed by atoms with Crippen LogP contribution in [0.15, 0.2) is 67.0 Å². The summed E-state index contributed by atoms with van der Waals surface area (Å²) in [6.07, 6.45) is 9.41. The van der Waals surface area contributed by atoms with E-state index < -0.39 is 0 Å². The molecule has 8 heteroatoms. The van der Waals surface area contributed by atoms with Gasteiger partial charge in [-0.05, 0) is 67.9 Å². The van der Waals surface area contributed by atoms with Gasteiger partial charge in [-0.1, -0.05) is 24.1 Å². The number of nitrogens with zero attached hydrogens (tertiary/aromatic N) is 3. The van der Waals surface area contributed by atoms with Crippen LogP contribution in [0.5, 0.6) is 11.5 Å². The van der Waals surface area contributed by atoms with Crippen molar-refractivity contribution in [1.29, 1.82) is 0 Å². The van der Waals surface area contributed by atoms with Crippen molar-refractivity contribution in [3.63, 3.8) is 0 Å². The zero-order valence-electron chi connectivity index (χ0n) is 20.5. The Morgan fingerprint density at radius 3 is 2.65 bits per heavy atom. The highest BCUT2D eigenvalue weighted by molar-refractivity contribution is 5.95. The van der Waals surface area contributed by atoms with Gasteiger partial charge in [0.25, 0.3) is 0 Å². The Morgan fingerprint density at radius 2 is 1.86 bits per heavy atom. The first-order valence-electron chi connectivity index (χ1n) is 11.9. The van der Waals surface area contributed by atoms with Gasteiger partial charge in [0.15, 0.2) is 0 Å². The molecule has 0 radical (unpaired) electrons. The SMILES string of the molecule is C#Cc1cc(Nc2ncnc3cccc(OC4CCN(C)CC4)c23)ccc1OCc1cccc(F)c1.Cl. The molecule has 0 amide bonds. The maximum atomic E-state index is 13.5. The van der Waals surface area contributed by atoms with Crippen LogP contribution >= 0.6 is 12.4 Å². The number of hydrogen-bond donors (Lipinski definition) is 1. The molecule has 0 saturated carbocycles. The average Bonchev–Trinajstić information content (AvgIpc) is 2.89. The summed E-state index contributed by atoms with van der Waals surface area (Å²) in [6, 6.07) is 17.7. The predicted molar refractivity (Wildman–Crippen MR) is 146 cm³/mol. The first-order chi connectivity index (χ1) is 17.6. The largest absolute Gasteiger partial charge is 0.489 e. The molecular weight excluding hydrogens is 491 g/mol. The monoisotopic (exact) mass is 518 g/mol. The minimum absolute atomic E-state index is 0. The third-order valence-corrected chi connectivity index (χ3v) is 6.27. The Bertz CT molecular complexity index is 1410. The topological polar surface area (TPSA) is 59.5 Å². The average molecular weight is 519 g/mol. The third-order valence-electron chi connectivity index (χ3n) is 6.27. The van der Waals surface area contributed by atoms with Crippen molar-refractivity contribution in [2.24, 2.45) is 0 Å². The van der Waals surface area contributed by atoms with Crippen molar-refractivity contribution in [3.05, 3.63) is 83.9 Å². The van der Waals surface area contributed by atoms with Crippen molar-refractivity contribution in [1.82, 2.24) is 14.9 Å². The van der Waals surface area contributed by atoms with E-state index in [2.05, 4.69) is 33.2 Å². The molecule has 0 aliphatic carbocycles. The van der Waals surface area contributed by atoms with Gasteiger partial charge in [0.2, 0.25) is 0 Å². The van der Waals surface area contributed by atoms with E-state index in [1.54, 1.807) is 18.2 Å². The fourth-order valence-electron chi connectivity index (χ4n) is 4.32. The van der Waals surface area contributed by atoms with Gasteiger partial charge in [-0.25, -0.2) is 14.4 Å². The number of rotatable bonds is 7. The molecule has 6 nitrogen and oxygen atoms in total. The van der Waals surface area contributed by atoms with Gasteiger partial charge in [0.1, 0.15) is 42.2 Å². The summed E-state index contributed by atoms with van der Waals surface area (Å²) in [5.74, 6) is 4.32. The molecule has 1 aliphatic heterocycles. The van der Waals surface area contributed by atoms with Gasteiger partial charge < -0.3 is 19.7 Å². The molecule has 1 fully saturated rings. The van der Waals surface area contributed by atoms with Crippen molar-refractivity contribution in [3.8, 4) is 23.8 Å². The number of likely N-dealkylation sites (tertiary alicyclic amines) is 1. The van der Waals surface area contributed by atoms with E-state index in [0.717, 1.165) is 53.8 Å². The molecule has 0 spiro atoms. The molecule has 3 aromatic carbocycles. The molecule has 1 aromatic heterocycles. The van der Waals surface area contributed by atoms with E-state index in [1.807, 2.05) is 30.3 Å². The number of piperidine rings is 1. The summed E-state index contributed by atoms with van der Waals surface area (Å²) >= 11 is 0. The fraction of sp³-hybridized carbons (Fsp3) is 0.241. The molecule has 0 unspecified atom stereocenters. The quantitative estimate of drug-likeness (QED) is 0.304. The lowest BCUT2D eigenvalue weighted by Gasteiger charge is -2.29. The van der Waals surface area contributed by atoms with E-state index in [9.17, 15) is 4.39 Å². The number of terminal acetylenes is 1. The molecular formula is C29H28ClFN4O2. The van der Waals surface area contributed by atoms with E-state index in [0.29, 0.717) is 17.1 Å². The second-order valence-electron chi connectivity index (χ2n) is 8.89. The Kier molecular flexibility index (Phi) is 8.44. The molecule has 4 aromatic rings. The van der Waals surface area contributed by atoms with Crippen LogP contribution < -0.4 is 14.8 Å². The van der Waals surface area contributed by atoms with Gasteiger partial charge in [0.05, 0.1) is 16.5 Å². The Labute approximate surface area is 222 Å². The molecule has 190 valence electrons. The van der Waals surface area contributed by atoms with Crippen molar-refractivity contribution in [2.75, 3.05) is 25.5 Å². The number of benzene rings is 3. The maximum absolute atomic E-state index is 13.5. The summed E-state index contributed by atoms with van der Waals surface area (Å²) in [5.41, 5.74) is 2.86. The highest BCUT2D eigenvalue weighted by Gasteiger charge is 2.20. The Balaban J connectivity index is 0.00000320. The standard InChI is InChI=1S/C29H27FN4O2.ClH/c1-3-21-17-23(10-11-26(21)35-18-20-6-4-7-22(30)16-20)33-29-28-25(31-19-32-29)8-5-9-27(28)36-24-12-14-34(2)15-13-24;/h1,4-11,16-17,19,24H,12-15,18H2,2H3,(H,31,32,33);1H. The molecule has 0 bridgehead atoms. The van der Waals surface area contributed by atoms with Crippen molar-refractivity contribution >= 4 is 34.8 Å². The lowest BCUT2D eigenvalue weighted by atomic mass is 10.1. The number of anilines is 2. The second kappa shape index (κ2) is 11.9. The minimum Gasteiger partial charge on any atom is -0.489 e. The van der Waals surface area contributed by atoms with Crippen LogP contribution in [-0.2, 0) is 6.61 Å². The first kappa shape index (κ1) is 26.2. The van der Waals surface area contributed by atoms with E-state index >= 15 is 0 Å². The van der Waals surface area contributed by atoms with Crippen molar-refractivity contribution in [2.45, 2.75) is 25.6 Å². The molecule has 37 heavy (non-hydrogen) atoms. The Morgan fingerprint density at radius 1 is 1.05 bits per heavy atom. The summed E-state index contributed by atoms with van der Waals surface area (Å²) < 4.78 is 25.8. The number of ether oxygens (including phenoxy) is 2. The molecule has 0 atom stereocenters. The molecule has 1 N–H and O–H groups in total. The number of nitrogens with one attached hydrogen (secondary N) is 1. The van der Waals surface area contributed by atoms with Crippen LogP contribution in [0.2, 0.25) is 0 Å². The molecule has 2 heterocycles.